The minimum atomic E-state index is 0.164. The van der Waals surface area contributed by atoms with Crippen molar-refractivity contribution < 1.29 is 5.11 Å². The van der Waals surface area contributed by atoms with Crippen LogP contribution >= 0.6 is 0 Å². The minimum Gasteiger partial charge on any atom is -0.398 e. The summed E-state index contributed by atoms with van der Waals surface area (Å²) in [5.41, 5.74) is 8.93. The van der Waals surface area contributed by atoms with Crippen molar-refractivity contribution in [1.82, 2.24) is 0 Å². The van der Waals surface area contributed by atoms with E-state index in [1.165, 1.54) is 5.56 Å². The van der Waals surface area contributed by atoms with Crippen LogP contribution in [0, 0.1) is 0 Å². The van der Waals surface area contributed by atoms with Gasteiger partial charge in [-0.05, 0) is 24.0 Å². The van der Waals surface area contributed by atoms with E-state index in [9.17, 15) is 0 Å². The van der Waals surface area contributed by atoms with E-state index in [2.05, 4.69) is 6.92 Å². The molecule has 0 saturated heterocycles. The molecule has 0 atom stereocenters. The van der Waals surface area contributed by atoms with E-state index in [1.807, 2.05) is 18.2 Å². The summed E-state index contributed by atoms with van der Waals surface area (Å²) in [6.45, 7) is 2.24. The first-order valence-electron chi connectivity index (χ1n) is 4.26. The SMILES string of the molecule is CCc1cccc(CCO)c1N. The van der Waals surface area contributed by atoms with Crippen molar-refractivity contribution in [3.63, 3.8) is 0 Å². The Labute approximate surface area is 73.0 Å². The Kier molecular flexibility index (Phi) is 3.11. The lowest BCUT2D eigenvalue weighted by molar-refractivity contribution is 0.300. The highest BCUT2D eigenvalue weighted by Crippen LogP contribution is 2.18. The third-order valence-corrected chi connectivity index (χ3v) is 2.05. The molecule has 0 radical (unpaired) electrons. The van der Waals surface area contributed by atoms with Crippen LogP contribution < -0.4 is 5.73 Å². The number of anilines is 1. The predicted molar refractivity (Wildman–Crippen MR) is 51.0 cm³/mol. The van der Waals surface area contributed by atoms with E-state index in [4.69, 9.17) is 10.8 Å². The van der Waals surface area contributed by atoms with Gasteiger partial charge in [0, 0.05) is 12.3 Å². The molecule has 1 aromatic carbocycles. The van der Waals surface area contributed by atoms with Crippen molar-refractivity contribution in [2.75, 3.05) is 12.3 Å². The van der Waals surface area contributed by atoms with Crippen LogP contribution in [0.15, 0.2) is 18.2 Å². The van der Waals surface area contributed by atoms with Gasteiger partial charge in [0.05, 0.1) is 0 Å². The summed E-state index contributed by atoms with van der Waals surface area (Å²) in [5.74, 6) is 0. The van der Waals surface area contributed by atoms with Gasteiger partial charge < -0.3 is 10.8 Å². The monoisotopic (exact) mass is 165 g/mol. The number of aryl methyl sites for hydroxylation is 1. The second-order valence-corrected chi connectivity index (χ2v) is 2.82. The highest BCUT2D eigenvalue weighted by Gasteiger charge is 2.01. The molecule has 0 heterocycles. The maximum atomic E-state index is 8.75. The second-order valence-electron chi connectivity index (χ2n) is 2.82. The van der Waals surface area contributed by atoms with Crippen LogP contribution in [-0.2, 0) is 12.8 Å². The molecular formula is C10H15NO. The van der Waals surface area contributed by atoms with Gasteiger partial charge in [0.15, 0.2) is 0 Å². The number of benzene rings is 1. The summed E-state index contributed by atoms with van der Waals surface area (Å²) in [6.07, 6.45) is 1.60. The van der Waals surface area contributed by atoms with E-state index < -0.39 is 0 Å². The number of hydrogen-bond donors (Lipinski definition) is 2. The third kappa shape index (κ3) is 1.77. The first kappa shape index (κ1) is 9.07. The molecule has 2 heteroatoms. The Morgan fingerprint density at radius 2 is 2.00 bits per heavy atom. The predicted octanol–water partition coefficient (Wildman–Crippen LogP) is 1.37. The quantitative estimate of drug-likeness (QED) is 0.664. The summed E-state index contributed by atoms with van der Waals surface area (Å²) in [6, 6.07) is 5.97. The van der Waals surface area contributed by atoms with Gasteiger partial charge in [0.1, 0.15) is 0 Å². The number of aliphatic hydroxyl groups is 1. The Hall–Kier alpha value is -1.02. The molecule has 3 N–H and O–H groups in total. The summed E-state index contributed by atoms with van der Waals surface area (Å²) >= 11 is 0. The molecule has 66 valence electrons. The number of nitrogens with two attached hydrogens (primary N) is 1. The molecule has 1 rings (SSSR count). The zero-order valence-electron chi connectivity index (χ0n) is 7.38. The Morgan fingerprint density at radius 1 is 1.33 bits per heavy atom. The number of para-hydroxylation sites is 1. The Balaban J connectivity index is 2.97. The van der Waals surface area contributed by atoms with E-state index in [-0.39, 0.29) is 6.61 Å². The molecule has 12 heavy (non-hydrogen) atoms. The van der Waals surface area contributed by atoms with Gasteiger partial charge in [-0.25, -0.2) is 0 Å². The molecule has 0 saturated carbocycles. The summed E-state index contributed by atoms with van der Waals surface area (Å²) in [5, 5.41) is 8.75. The van der Waals surface area contributed by atoms with Gasteiger partial charge in [-0.15, -0.1) is 0 Å². The van der Waals surface area contributed by atoms with Crippen LogP contribution in [0.4, 0.5) is 5.69 Å². The zero-order valence-corrected chi connectivity index (χ0v) is 7.38. The molecule has 0 bridgehead atoms. The number of aliphatic hydroxyl groups excluding tert-OH is 1. The largest absolute Gasteiger partial charge is 0.398 e. The molecule has 1 aromatic rings. The molecule has 0 unspecified atom stereocenters. The lowest BCUT2D eigenvalue weighted by atomic mass is 10.0. The second kappa shape index (κ2) is 4.12. The van der Waals surface area contributed by atoms with Crippen molar-refractivity contribution in [2.24, 2.45) is 0 Å². The normalized spacial score (nSPS) is 10.2. The first-order valence-corrected chi connectivity index (χ1v) is 4.26. The van der Waals surface area contributed by atoms with Crippen LogP contribution in [0.5, 0.6) is 0 Å². The summed E-state index contributed by atoms with van der Waals surface area (Å²) < 4.78 is 0. The summed E-state index contributed by atoms with van der Waals surface area (Å²) in [7, 11) is 0. The van der Waals surface area contributed by atoms with Crippen LogP contribution in [0.3, 0.4) is 0 Å². The molecule has 0 aliphatic carbocycles. The maximum Gasteiger partial charge on any atom is 0.0472 e. The maximum absolute atomic E-state index is 8.75. The van der Waals surface area contributed by atoms with Gasteiger partial charge in [-0.2, -0.15) is 0 Å². The fraction of sp³-hybridized carbons (Fsp3) is 0.400. The standard InChI is InChI=1S/C10H15NO/c1-2-8-4-3-5-9(6-7-12)10(8)11/h3-5,12H,2,6-7,11H2,1H3. The van der Waals surface area contributed by atoms with Gasteiger partial charge in [0.25, 0.3) is 0 Å². The smallest absolute Gasteiger partial charge is 0.0472 e. The van der Waals surface area contributed by atoms with E-state index in [0.29, 0.717) is 6.42 Å². The van der Waals surface area contributed by atoms with Crippen molar-refractivity contribution in [3.8, 4) is 0 Å². The molecule has 0 fully saturated rings. The Bertz CT molecular complexity index is 258. The molecule has 0 aliphatic heterocycles. The van der Waals surface area contributed by atoms with E-state index in [1.54, 1.807) is 0 Å². The van der Waals surface area contributed by atoms with Crippen LogP contribution in [-0.4, -0.2) is 11.7 Å². The highest BCUT2D eigenvalue weighted by atomic mass is 16.2. The van der Waals surface area contributed by atoms with Gasteiger partial charge >= 0.3 is 0 Å². The molecular weight excluding hydrogens is 150 g/mol. The minimum absolute atomic E-state index is 0.164. The third-order valence-electron chi connectivity index (χ3n) is 2.05. The van der Waals surface area contributed by atoms with Crippen LogP contribution in [0.25, 0.3) is 0 Å². The van der Waals surface area contributed by atoms with E-state index in [0.717, 1.165) is 17.7 Å². The van der Waals surface area contributed by atoms with Crippen LogP contribution in [0.1, 0.15) is 18.1 Å². The molecule has 0 amide bonds. The van der Waals surface area contributed by atoms with Crippen molar-refractivity contribution in [2.45, 2.75) is 19.8 Å². The average Bonchev–Trinajstić information content (AvgIpc) is 2.09. The molecule has 0 aliphatic rings. The Morgan fingerprint density at radius 3 is 2.58 bits per heavy atom. The number of nitrogen functional groups attached to an aromatic ring is 1. The fourth-order valence-electron chi connectivity index (χ4n) is 1.31. The zero-order chi connectivity index (χ0) is 8.97. The molecule has 2 nitrogen and oxygen atoms in total. The van der Waals surface area contributed by atoms with Gasteiger partial charge in [0.2, 0.25) is 0 Å². The first-order chi connectivity index (χ1) is 5.79. The van der Waals surface area contributed by atoms with Crippen molar-refractivity contribution in [3.05, 3.63) is 29.3 Å². The number of hydrogen-bond acceptors (Lipinski definition) is 2. The topological polar surface area (TPSA) is 46.2 Å². The van der Waals surface area contributed by atoms with Crippen LogP contribution in [0.2, 0.25) is 0 Å². The molecule has 0 aromatic heterocycles. The summed E-state index contributed by atoms with van der Waals surface area (Å²) in [4.78, 5) is 0. The van der Waals surface area contributed by atoms with Crippen molar-refractivity contribution >= 4 is 5.69 Å². The highest BCUT2D eigenvalue weighted by molar-refractivity contribution is 5.53. The number of rotatable bonds is 3. The van der Waals surface area contributed by atoms with Gasteiger partial charge in [-0.1, -0.05) is 25.1 Å². The van der Waals surface area contributed by atoms with Crippen molar-refractivity contribution in [1.29, 1.82) is 0 Å². The molecule has 0 spiro atoms. The lowest BCUT2D eigenvalue weighted by Crippen LogP contribution is -2.00. The van der Waals surface area contributed by atoms with E-state index >= 15 is 0 Å². The van der Waals surface area contributed by atoms with Gasteiger partial charge in [-0.3, -0.25) is 0 Å². The fourth-order valence-corrected chi connectivity index (χ4v) is 1.31. The lowest BCUT2D eigenvalue weighted by Gasteiger charge is -2.07. The average molecular weight is 165 g/mol.